The quantitative estimate of drug-likeness (QED) is 0.873. The molecular weight excluding hydrogens is 322 g/mol. The van der Waals surface area contributed by atoms with Crippen molar-refractivity contribution in [1.29, 1.82) is 0 Å². The second-order valence-corrected chi connectivity index (χ2v) is 5.18. The van der Waals surface area contributed by atoms with Gasteiger partial charge in [0.25, 0.3) is 0 Å². The molecule has 108 valence electrons. The summed E-state index contributed by atoms with van der Waals surface area (Å²) in [5, 5.41) is 15.9. The van der Waals surface area contributed by atoms with Gasteiger partial charge in [0, 0.05) is 12.6 Å². The maximum atomic E-state index is 5.04. The number of halogens is 1. The fourth-order valence-electron chi connectivity index (χ4n) is 2.07. The zero-order valence-electron chi connectivity index (χ0n) is 11.8. The molecule has 2 aromatic heterocycles. The number of nitrogens with one attached hydrogen (secondary N) is 1. The van der Waals surface area contributed by atoms with Gasteiger partial charge in [0.15, 0.2) is 0 Å². The Morgan fingerprint density at radius 3 is 2.75 bits per heavy atom. The monoisotopic (exact) mass is 339 g/mol. The molecule has 0 aliphatic rings. The predicted molar refractivity (Wildman–Crippen MR) is 79.7 cm³/mol. The Kier molecular flexibility index (Phi) is 5.08. The summed E-state index contributed by atoms with van der Waals surface area (Å²) in [6, 6.07) is 3.64. The summed E-state index contributed by atoms with van der Waals surface area (Å²) < 4.78 is 7.98. The van der Waals surface area contributed by atoms with E-state index in [0.29, 0.717) is 5.88 Å². The van der Waals surface area contributed by atoms with Crippen LogP contribution in [0.4, 0.5) is 0 Å². The van der Waals surface area contributed by atoms with Crippen LogP contribution in [-0.4, -0.2) is 34.1 Å². The van der Waals surface area contributed by atoms with Gasteiger partial charge in [-0.3, -0.25) is 4.68 Å². The SMILES string of the molecule is CCCn1ncc(Br)c1C(NC)c1ccc(OC)nn1. The lowest BCUT2D eigenvalue weighted by Gasteiger charge is -2.18. The van der Waals surface area contributed by atoms with Crippen LogP contribution in [0.1, 0.15) is 30.8 Å². The van der Waals surface area contributed by atoms with E-state index in [1.165, 1.54) is 0 Å². The summed E-state index contributed by atoms with van der Waals surface area (Å²) in [5.41, 5.74) is 1.88. The van der Waals surface area contributed by atoms with Crippen LogP contribution in [0.3, 0.4) is 0 Å². The van der Waals surface area contributed by atoms with E-state index < -0.39 is 0 Å². The summed E-state index contributed by atoms with van der Waals surface area (Å²) in [6.45, 7) is 2.99. The second kappa shape index (κ2) is 6.81. The van der Waals surface area contributed by atoms with E-state index in [1.807, 2.05) is 24.0 Å². The molecule has 1 atom stereocenters. The Hall–Kier alpha value is -1.47. The van der Waals surface area contributed by atoms with Crippen LogP contribution in [0.5, 0.6) is 5.88 Å². The highest BCUT2D eigenvalue weighted by atomic mass is 79.9. The lowest BCUT2D eigenvalue weighted by Crippen LogP contribution is -2.23. The number of rotatable bonds is 6. The first-order valence-electron chi connectivity index (χ1n) is 6.47. The molecule has 0 radical (unpaired) electrons. The van der Waals surface area contributed by atoms with E-state index in [9.17, 15) is 0 Å². The summed E-state index contributed by atoms with van der Waals surface area (Å²) in [4.78, 5) is 0. The Morgan fingerprint density at radius 2 is 2.20 bits per heavy atom. The minimum atomic E-state index is -0.0724. The molecule has 2 rings (SSSR count). The molecule has 0 aliphatic heterocycles. The van der Waals surface area contributed by atoms with Crippen LogP contribution in [0.2, 0.25) is 0 Å². The molecule has 0 fully saturated rings. The van der Waals surface area contributed by atoms with E-state index in [-0.39, 0.29) is 6.04 Å². The first-order chi connectivity index (χ1) is 9.71. The van der Waals surface area contributed by atoms with Crippen LogP contribution in [0.15, 0.2) is 22.8 Å². The predicted octanol–water partition coefficient (Wildman–Crippen LogP) is 2.16. The van der Waals surface area contributed by atoms with Gasteiger partial charge in [0.1, 0.15) is 0 Å². The average Bonchev–Trinajstić information content (AvgIpc) is 2.83. The minimum absolute atomic E-state index is 0.0724. The van der Waals surface area contributed by atoms with Gasteiger partial charge in [-0.25, -0.2) is 0 Å². The van der Waals surface area contributed by atoms with Gasteiger partial charge in [0.05, 0.1) is 35.2 Å². The third-order valence-electron chi connectivity index (χ3n) is 3.00. The molecule has 0 amide bonds. The number of aromatic nitrogens is 4. The van der Waals surface area contributed by atoms with E-state index in [0.717, 1.165) is 28.8 Å². The molecule has 7 heteroatoms. The van der Waals surface area contributed by atoms with Crippen LogP contribution in [0, 0.1) is 0 Å². The topological polar surface area (TPSA) is 64.9 Å². The normalized spacial score (nSPS) is 12.4. The van der Waals surface area contributed by atoms with Crippen molar-refractivity contribution >= 4 is 15.9 Å². The standard InChI is InChI=1S/C13H18BrN5O/c1-4-7-19-13(9(14)8-16-19)12(15-2)10-5-6-11(20-3)18-17-10/h5-6,8,12,15H,4,7H2,1-3H3. The second-order valence-electron chi connectivity index (χ2n) is 4.32. The molecule has 6 nitrogen and oxygen atoms in total. The molecule has 0 saturated carbocycles. The zero-order chi connectivity index (χ0) is 14.5. The number of ether oxygens (including phenoxy) is 1. The van der Waals surface area contributed by atoms with Crippen molar-refractivity contribution in [2.75, 3.05) is 14.2 Å². The zero-order valence-corrected chi connectivity index (χ0v) is 13.4. The molecule has 0 aliphatic carbocycles. The van der Waals surface area contributed by atoms with Gasteiger partial charge in [-0.2, -0.15) is 5.10 Å². The van der Waals surface area contributed by atoms with Gasteiger partial charge in [-0.1, -0.05) is 6.92 Å². The lowest BCUT2D eigenvalue weighted by atomic mass is 10.1. The van der Waals surface area contributed by atoms with Gasteiger partial charge in [0.2, 0.25) is 5.88 Å². The van der Waals surface area contributed by atoms with Crippen molar-refractivity contribution in [2.45, 2.75) is 25.9 Å². The third-order valence-corrected chi connectivity index (χ3v) is 3.61. The molecule has 0 bridgehead atoms. The summed E-state index contributed by atoms with van der Waals surface area (Å²) in [7, 11) is 3.47. The molecule has 1 N–H and O–H groups in total. The summed E-state index contributed by atoms with van der Waals surface area (Å²) in [5.74, 6) is 0.504. The van der Waals surface area contributed by atoms with Crippen molar-refractivity contribution in [3.63, 3.8) is 0 Å². The first kappa shape index (κ1) is 14.9. The number of aryl methyl sites for hydroxylation is 1. The van der Waals surface area contributed by atoms with Crippen LogP contribution in [-0.2, 0) is 6.54 Å². The van der Waals surface area contributed by atoms with Gasteiger partial charge in [-0.05, 0) is 35.5 Å². The Balaban J connectivity index is 2.38. The molecule has 0 spiro atoms. The van der Waals surface area contributed by atoms with Crippen molar-refractivity contribution < 1.29 is 4.74 Å². The fraction of sp³-hybridized carbons (Fsp3) is 0.462. The van der Waals surface area contributed by atoms with E-state index in [1.54, 1.807) is 13.2 Å². The molecule has 2 heterocycles. The number of hydrogen-bond acceptors (Lipinski definition) is 5. The molecule has 0 aromatic carbocycles. The average molecular weight is 340 g/mol. The van der Waals surface area contributed by atoms with Gasteiger partial charge < -0.3 is 10.1 Å². The molecule has 20 heavy (non-hydrogen) atoms. The first-order valence-corrected chi connectivity index (χ1v) is 7.26. The molecular formula is C13H18BrN5O. The Morgan fingerprint density at radius 1 is 1.40 bits per heavy atom. The number of methoxy groups -OCH3 is 1. The molecule has 2 aromatic rings. The number of nitrogens with zero attached hydrogens (tertiary/aromatic N) is 4. The van der Waals surface area contributed by atoms with Crippen LogP contribution >= 0.6 is 15.9 Å². The minimum Gasteiger partial charge on any atom is -0.480 e. The lowest BCUT2D eigenvalue weighted by molar-refractivity contribution is 0.390. The maximum Gasteiger partial charge on any atom is 0.233 e. The third kappa shape index (κ3) is 2.99. The van der Waals surface area contributed by atoms with Crippen molar-refractivity contribution in [2.24, 2.45) is 0 Å². The van der Waals surface area contributed by atoms with Crippen molar-refractivity contribution in [1.82, 2.24) is 25.3 Å². The Bertz CT molecular complexity index is 554. The van der Waals surface area contributed by atoms with E-state index >= 15 is 0 Å². The van der Waals surface area contributed by atoms with Crippen molar-refractivity contribution in [3.8, 4) is 5.88 Å². The molecule has 1 unspecified atom stereocenters. The highest BCUT2D eigenvalue weighted by Gasteiger charge is 2.22. The van der Waals surface area contributed by atoms with Gasteiger partial charge >= 0.3 is 0 Å². The maximum absolute atomic E-state index is 5.04. The molecule has 0 saturated heterocycles. The highest BCUT2D eigenvalue weighted by Crippen LogP contribution is 2.27. The number of hydrogen-bond donors (Lipinski definition) is 1. The summed E-state index contributed by atoms with van der Waals surface area (Å²) in [6.07, 6.45) is 2.83. The van der Waals surface area contributed by atoms with E-state index in [2.05, 4.69) is 43.5 Å². The van der Waals surface area contributed by atoms with Crippen LogP contribution in [0.25, 0.3) is 0 Å². The smallest absolute Gasteiger partial charge is 0.233 e. The van der Waals surface area contributed by atoms with Crippen molar-refractivity contribution in [3.05, 3.63) is 34.2 Å². The largest absolute Gasteiger partial charge is 0.480 e. The van der Waals surface area contributed by atoms with Crippen LogP contribution < -0.4 is 10.1 Å². The van der Waals surface area contributed by atoms with Gasteiger partial charge in [-0.15, -0.1) is 10.2 Å². The Labute approximate surface area is 126 Å². The van der Waals surface area contributed by atoms with E-state index in [4.69, 9.17) is 4.74 Å². The fourth-order valence-corrected chi connectivity index (χ4v) is 2.59. The summed E-state index contributed by atoms with van der Waals surface area (Å²) >= 11 is 3.56. The highest BCUT2D eigenvalue weighted by molar-refractivity contribution is 9.10.